The summed E-state index contributed by atoms with van der Waals surface area (Å²) in [7, 11) is -5.37. The van der Waals surface area contributed by atoms with Crippen LogP contribution in [0.4, 0.5) is 5.82 Å². The molecule has 0 aromatic carbocycles. The fraction of sp³-hybridized carbons (Fsp3) is 0.273. The summed E-state index contributed by atoms with van der Waals surface area (Å²) in [5.41, 5.74) is 2.26. The van der Waals surface area contributed by atoms with Crippen molar-refractivity contribution in [1.82, 2.24) is 19.7 Å². The minimum absolute atomic E-state index is 0.0157. The minimum atomic E-state index is -5.37. The van der Waals surface area contributed by atoms with Gasteiger partial charge in [0.2, 0.25) is 5.65 Å². The molecule has 6 N–H and O–H groups in total. The van der Waals surface area contributed by atoms with E-state index in [0.717, 1.165) is 12.7 Å². The molecule has 2 rings (SSSR count). The molecule has 2 aromatic rings. The number of hydrogen-bond acceptors (Lipinski definition) is 10. The zero-order valence-corrected chi connectivity index (χ0v) is 14.0. The van der Waals surface area contributed by atoms with Crippen molar-refractivity contribution in [3.63, 3.8) is 0 Å². The Labute approximate surface area is 148 Å². The van der Waals surface area contributed by atoms with Crippen LogP contribution in [-0.2, 0) is 23.5 Å². The Balaban J connectivity index is 2.38. The van der Waals surface area contributed by atoms with Crippen molar-refractivity contribution in [2.45, 2.75) is 18.4 Å². The van der Waals surface area contributed by atoms with Crippen molar-refractivity contribution < 1.29 is 48.3 Å². The van der Waals surface area contributed by atoms with Crippen LogP contribution in [-0.4, -0.2) is 63.4 Å². The molecule has 27 heavy (non-hydrogen) atoms. The quantitative estimate of drug-likeness (QED) is 0.306. The molecule has 0 radical (unpaired) electrons. The first-order chi connectivity index (χ1) is 12.5. The zero-order chi connectivity index (χ0) is 20.4. The molecule has 0 aliphatic heterocycles. The van der Waals surface area contributed by atoms with Crippen molar-refractivity contribution in [3.05, 3.63) is 12.7 Å². The molecule has 0 amide bonds. The molecule has 0 aliphatic carbocycles. The highest BCUT2D eigenvalue weighted by Crippen LogP contribution is 2.47. The van der Waals surface area contributed by atoms with E-state index in [4.69, 9.17) is 15.9 Å². The van der Waals surface area contributed by atoms with Gasteiger partial charge in [0.1, 0.15) is 12.7 Å². The molecule has 15 nitrogen and oxygen atoms in total. The highest BCUT2D eigenvalue weighted by molar-refractivity contribution is 7.47. The third-order valence-corrected chi connectivity index (χ3v) is 4.04. The third kappa shape index (κ3) is 4.46. The molecule has 2 heterocycles. The van der Waals surface area contributed by atoms with Crippen LogP contribution in [0.15, 0.2) is 12.7 Å². The van der Waals surface area contributed by atoms with Gasteiger partial charge in [0.05, 0.1) is 12.8 Å². The van der Waals surface area contributed by atoms with Gasteiger partial charge in [0.25, 0.3) is 0 Å². The molecule has 1 atom stereocenters. The number of hydrogen-bond donors (Lipinski definition) is 5. The number of carboxylic acid groups (broad SMARTS) is 3. The maximum Gasteiger partial charge on any atom is 0.547 e. The maximum absolute atomic E-state index is 12.2. The zero-order valence-electron chi connectivity index (χ0n) is 13.1. The molecular formula is C11H12N5O10P. The molecule has 16 heteroatoms. The number of aliphatic carboxylic acids is 3. The second-order valence-electron chi connectivity index (χ2n) is 5.08. The van der Waals surface area contributed by atoms with E-state index in [-0.39, 0.29) is 17.0 Å². The predicted molar refractivity (Wildman–Crippen MR) is 82.1 cm³/mol. The molecular weight excluding hydrogens is 393 g/mol. The van der Waals surface area contributed by atoms with E-state index in [9.17, 15) is 28.9 Å². The maximum atomic E-state index is 12.2. The number of anilines is 1. The summed E-state index contributed by atoms with van der Waals surface area (Å²) in [6.45, 7) is 0. The lowest BCUT2D eigenvalue weighted by Crippen LogP contribution is -2.45. The molecule has 0 saturated carbocycles. The molecule has 2 aromatic heterocycles. The molecule has 0 saturated heterocycles. The number of nitrogens with zero attached hydrogens (tertiary/aromatic N) is 4. The Morgan fingerprint density at radius 2 is 1.74 bits per heavy atom. The fourth-order valence-electron chi connectivity index (χ4n) is 2.05. The van der Waals surface area contributed by atoms with Gasteiger partial charge < -0.3 is 25.7 Å². The van der Waals surface area contributed by atoms with Gasteiger partial charge in [0, 0.05) is 0 Å². The Kier molecular flexibility index (Phi) is 5.30. The van der Waals surface area contributed by atoms with Gasteiger partial charge in [-0.1, -0.05) is 0 Å². The van der Waals surface area contributed by atoms with E-state index in [1.165, 1.54) is 0 Å². The second-order valence-corrected chi connectivity index (χ2v) is 6.37. The number of carboxylic acids is 3. The molecule has 0 bridgehead atoms. The van der Waals surface area contributed by atoms with Gasteiger partial charge in [-0.05, 0) is 0 Å². The average Bonchev–Trinajstić information content (AvgIpc) is 2.88. The van der Waals surface area contributed by atoms with E-state index in [1.54, 1.807) is 0 Å². The Morgan fingerprint density at radius 3 is 2.26 bits per heavy atom. The largest absolute Gasteiger partial charge is 0.547 e. The summed E-state index contributed by atoms with van der Waals surface area (Å²) < 4.78 is 21.8. The first-order valence-electron chi connectivity index (χ1n) is 6.80. The van der Waals surface area contributed by atoms with Gasteiger partial charge in [-0.15, -0.1) is 4.73 Å². The van der Waals surface area contributed by atoms with E-state index in [0.29, 0.717) is 4.73 Å². The summed E-state index contributed by atoms with van der Waals surface area (Å²) >= 11 is 0. The number of carbonyl (C=O) groups is 3. The third-order valence-electron chi connectivity index (χ3n) is 3.08. The number of phosphoric ester groups is 1. The summed E-state index contributed by atoms with van der Waals surface area (Å²) in [4.78, 5) is 54.2. The second kappa shape index (κ2) is 7.14. The predicted octanol–water partition coefficient (Wildman–Crippen LogP) is -1.27. The van der Waals surface area contributed by atoms with Crippen LogP contribution < -0.4 is 10.4 Å². The van der Waals surface area contributed by atoms with Crippen LogP contribution >= 0.6 is 7.82 Å². The van der Waals surface area contributed by atoms with E-state index in [1.807, 2.05) is 0 Å². The van der Waals surface area contributed by atoms with Crippen molar-refractivity contribution in [2.24, 2.45) is 0 Å². The molecule has 1 unspecified atom stereocenters. The highest BCUT2D eigenvalue weighted by atomic mass is 31.2. The standard InChI is InChI=1S/C11H12N5O10P/c12-8-7-9(14-3-13-8)16(4-15-7)26-27(23,24)25-11(10(21)22,1-5(17)18)2-6(19)20/h3-4H,1-2H2,(H,17,18)(H,19,20)(H,21,22)(H,23,24)(H2,12,13,14). The van der Waals surface area contributed by atoms with Gasteiger partial charge in [0.15, 0.2) is 16.9 Å². The number of rotatable bonds is 9. The number of nitrogen functional groups attached to an aromatic ring is 1. The van der Waals surface area contributed by atoms with Crippen molar-refractivity contribution in [1.29, 1.82) is 0 Å². The first-order valence-corrected chi connectivity index (χ1v) is 8.29. The monoisotopic (exact) mass is 405 g/mol. The SMILES string of the molecule is Nc1ncnc2c1ncn2OP(=O)(O)OC(CC(=O)O)(CC(=O)O)C(=O)O. The van der Waals surface area contributed by atoms with E-state index >= 15 is 0 Å². The van der Waals surface area contributed by atoms with E-state index < -0.39 is 44.2 Å². The van der Waals surface area contributed by atoms with Gasteiger partial charge in [-0.2, -0.15) is 0 Å². The van der Waals surface area contributed by atoms with Crippen molar-refractivity contribution in [2.75, 3.05) is 5.73 Å². The number of nitrogens with two attached hydrogens (primary N) is 1. The Morgan fingerprint density at radius 1 is 1.15 bits per heavy atom. The summed E-state index contributed by atoms with van der Waals surface area (Å²) in [6, 6.07) is 0. The number of aromatic nitrogens is 4. The molecule has 0 fully saturated rings. The van der Waals surface area contributed by atoms with Crippen LogP contribution in [0.5, 0.6) is 0 Å². The summed E-state index contributed by atoms with van der Waals surface area (Å²) in [6.07, 6.45) is -1.03. The summed E-state index contributed by atoms with van der Waals surface area (Å²) in [5.74, 6) is -5.75. The fourth-order valence-corrected chi connectivity index (χ4v) is 3.07. The van der Waals surface area contributed by atoms with Crippen LogP contribution in [0.1, 0.15) is 12.8 Å². The lowest BCUT2D eigenvalue weighted by Gasteiger charge is -2.27. The number of phosphoric acid groups is 1. The molecule has 0 spiro atoms. The van der Waals surface area contributed by atoms with Crippen LogP contribution in [0.25, 0.3) is 11.2 Å². The smallest absolute Gasteiger partial charge is 0.481 e. The topological polar surface area (TPSA) is 237 Å². The average molecular weight is 405 g/mol. The summed E-state index contributed by atoms with van der Waals surface area (Å²) in [5, 5.41) is 26.9. The number of fused-ring (bicyclic) bond motifs is 1. The molecule has 0 aliphatic rings. The van der Waals surface area contributed by atoms with Gasteiger partial charge in [-0.3, -0.25) is 19.0 Å². The lowest BCUT2D eigenvalue weighted by atomic mass is 9.96. The normalized spacial score (nSPS) is 13.8. The van der Waals surface area contributed by atoms with Gasteiger partial charge >= 0.3 is 25.7 Å². The highest BCUT2D eigenvalue weighted by Gasteiger charge is 2.51. The Hall–Kier alpha value is -3.29. The van der Waals surface area contributed by atoms with Crippen LogP contribution in [0.2, 0.25) is 0 Å². The molecule has 146 valence electrons. The lowest BCUT2D eigenvalue weighted by molar-refractivity contribution is -0.169. The van der Waals surface area contributed by atoms with Crippen molar-refractivity contribution >= 4 is 42.7 Å². The van der Waals surface area contributed by atoms with Crippen molar-refractivity contribution in [3.8, 4) is 0 Å². The minimum Gasteiger partial charge on any atom is -0.481 e. The number of imidazole rings is 1. The van der Waals surface area contributed by atoms with Crippen LogP contribution in [0, 0.1) is 0 Å². The van der Waals surface area contributed by atoms with Crippen LogP contribution in [0.3, 0.4) is 0 Å². The first kappa shape index (κ1) is 20.0. The van der Waals surface area contributed by atoms with Gasteiger partial charge in [-0.25, -0.2) is 24.3 Å². The Bertz CT molecular complexity index is 942. The van der Waals surface area contributed by atoms with E-state index in [2.05, 4.69) is 24.1 Å².